The van der Waals surface area contributed by atoms with E-state index in [9.17, 15) is 9.18 Å². The van der Waals surface area contributed by atoms with E-state index in [-0.39, 0.29) is 11.2 Å². The van der Waals surface area contributed by atoms with Crippen molar-refractivity contribution in [3.8, 4) is 11.4 Å². The van der Waals surface area contributed by atoms with Crippen molar-refractivity contribution < 1.29 is 9.18 Å². The molecule has 5 aliphatic carbocycles. The fourth-order valence-corrected chi connectivity index (χ4v) is 7.64. The zero-order valence-corrected chi connectivity index (χ0v) is 17.3. The van der Waals surface area contributed by atoms with Crippen molar-refractivity contribution >= 4 is 17.5 Å². The largest absolute Gasteiger partial charge is 0.299 e. The van der Waals surface area contributed by atoms with Gasteiger partial charge in [-0.05, 0) is 81.3 Å². The first kappa shape index (κ1) is 18.1. The van der Waals surface area contributed by atoms with Crippen molar-refractivity contribution in [3.05, 3.63) is 30.1 Å². The Morgan fingerprint density at radius 2 is 1.72 bits per heavy atom. The molecule has 4 bridgehead atoms. The molecule has 0 atom stereocenters. The Morgan fingerprint density at radius 3 is 2.34 bits per heavy atom. The number of ketones is 1. The smallest absolute Gasteiger partial charge is 0.192 e. The SMILES string of the molecule is O=C(CSc1nnc(-c2ccccc2F)n1C1CC1)C12CC3CC(CC(C3)C1)C2. The van der Waals surface area contributed by atoms with E-state index in [4.69, 9.17) is 0 Å². The van der Waals surface area contributed by atoms with Gasteiger partial charge in [0, 0.05) is 11.5 Å². The van der Waals surface area contributed by atoms with Crippen LogP contribution in [0.4, 0.5) is 4.39 Å². The monoisotopic (exact) mass is 411 g/mol. The van der Waals surface area contributed by atoms with E-state index in [1.807, 2.05) is 6.07 Å². The van der Waals surface area contributed by atoms with Gasteiger partial charge >= 0.3 is 0 Å². The van der Waals surface area contributed by atoms with Crippen molar-refractivity contribution in [1.82, 2.24) is 14.8 Å². The molecule has 0 N–H and O–H groups in total. The standard InChI is InChI=1S/C23H26FN3OS/c24-19-4-2-1-3-18(19)21-25-26-22(27(21)17-5-6-17)29-13-20(28)23-10-14-7-15(11-23)9-16(8-14)12-23/h1-4,14-17H,5-13H2. The van der Waals surface area contributed by atoms with Gasteiger partial charge in [-0.3, -0.25) is 9.36 Å². The molecule has 4 nitrogen and oxygen atoms in total. The second-order valence-corrected chi connectivity index (χ2v) is 10.7. The number of halogens is 1. The van der Waals surface area contributed by atoms with Gasteiger partial charge in [0.15, 0.2) is 11.0 Å². The average Bonchev–Trinajstić information content (AvgIpc) is 3.45. The van der Waals surface area contributed by atoms with Crippen molar-refractivity contribution in [3.63, 3.8) is 0 Å². The van der Waals surface area contributed by atoms with E-state index in [0.717, 1.165) is 55.0 Å². The molecular formula is C23H26FN3OS. The molecule has 5 saturated carbocycles. The molecule has 1 aromatic heterocycles. The van der Waals surface area contributed by atoms with E-state index < -0.39 is 0 Å². The maximum atomic E-state index is 14.3. The Kier molecular flexibility index (Phi) is 4.16. The highest BCUT2D eigenvalue weighted by Gasteiger charge is 2.54. The number of hydrogen-bond donors (Lipinski definition) is 0. The maximum absolute atomic E-state index is 14.3. The van der Waals surface area contributed by atoms with Gasteiger partial charge in [-0.15, -0.1) is 10.2 Å². The van der Waals surface area contributed by atoms with Crippen LogP contribution in [0.2, 0.25) is 0 Å². The normalized spacial score (nSPS) is 32.7. The summed E-state index contributed by atoms with van der Waals surface area (Å²) in [7, 11) is 0. The van der Waals surface area contributed by atoms with Gasteiger partial charge < -0.3 is 0 Å². The lowest BCUT2D eigenvalue weighted by Gasteiger charge is -2.56. The van der Waals surface area contributed by atoms with Crippen molar-refractivity contribution in [2.24, 2.45) is 23.2 Å². The lowest BCUT2D eigenvalue weighted by Crippen LogP contribution is -2.50. The number of aromatic nitrogens is 3. The van der Waals surface area contributed by atoms with E-state index in [1.54, 1.807) is 12.1 Å². The van der Waals surface area contributed by atoms with Gasteiger partial charge in [0.2, 0.25) is 0 Å². The van der Waals surface area contributed by atoms with Gasteiger partial charge in [0.05, 0.1) is 11.3 Å². The van der Waals surface area contributed by atoms with E-state index in [0.29, 0.717) is 29.0 Å². The molecule has 0 saturated heterocycles. The molecule has 0 amide bonds. The van der Waals surface area contributed by atoms with Gasteiger partial charge in [0.25, 0.3) is 0 Å². The van der Waals surface area contributed by atoms with Crippen LogP contribution in [0.25, 0.3) is 11.4 Å². The summed E-state index contributed by atoms with van der Waals surface area (Å²) in [5, 5.41) is 9.46. The molecule has 6 heteroatoms. The first-order valence-corrected chi connectivity index (χ1v) is 12.0. The van der Waals surface area contributed by atoms with Crippen LogP contribution in [0.15, 0.2) is 29.4 Å². The van der Waals surface area contributed by atoms with Gasteiger partial charge in [-0.25, -0.2) is 4.39 Å². The second kappa shape index (κ2) is 6.66. The van der Waals surface area contributed by atoms with Crippen LogP contribution in [0, 0.1) is 29.0 Å². The molecule has 5 aliphatic rings. The lowest BCUT2D eigenvalue weighted by molar-refractivity contribution is -0.141. The molecule has 29 heavy (non-hydrogen) atoms. The number of thioether (sulfide) groups is 1. The summed E-state index contributed by atoms with van der Waals surface area (Å²) in [5.74, 6) is 3.53. The number of carbonyl (C=O) groups is 1. The number of benzene rings is 1. The van der Waals surface area contributed by atoms with Crippen LogP contribution in [0.3, 0.4) is 0 Å². The lowest BCUT2D eigenvalue weighted by atomic mass is 9.48. The van der Waals surface area contributed by atoms with Crippen LogP contribution in [-0.4, -0.2) is 26.3 Å². The summed E-state index contributed by atoms with van der Waals surface area (Å²) in [5.41, 5.74) is 0.423. The zero-order valence-electron chi connectivity index (χ0n) is 16.5. The van der Waals surface area contributed by atoms with Crippen molar-refractivity contribution in [2.75, 3.05) is 5.75 Å². The molecule has 0 unspecified atom stereocenters. The third-order valence-corrected chi connectivity index (χ3v) is 8.60. The van der Waals surface area contributed by atoms with Crippen molar-refractivity contribution in [1.29, 1.82) is 0 Å². The molecule has 5 fully saturated rings. The van der Waals surface area contributed by atoms with Crippen molar-refractivity contribution in [2.45, 2.75) is 62.6 Å². The number of nitrogens with zero attached hydrogens (tertiary/aromatic N) is 3. The number of Topliss-reactive ketones (excluding diaryl/α,β-unsaturated/α-hetero) is 1. The molecule has 152 valence electrons. The van der Waals surface area contributed by atoms with E-state index in [1.165, 1.54) is 37.1 Å². The fourth-order valence-electron chi connectivity index (χ4n) is 6.60. The topological polar surface area (TPSA) is 47.8 Å². The van der Waals surface area contributed by atoms with Crippen LogP contribution in [0.1, 0.15) is 57.4 Å². The van der Waals surface area contributed by atoms with Crippen LogP contribution < -0.4 is 0 Å². The molecule has 0 radical (unpaired) electrons. The Labute approximate surface area is 174 Å². The Bertz CT molecular complexity index is 931. The minimum atomic E-state index is -0.275. The quantitative estimate of drug-likeness (QED) is 0.606. The highest BCUT2D eigenvalue weighted by molar-refractivity contribution is 7.99. The minimum Gasteiger partial charge on any atom is -0.299 e. The first-order chi connectivity index (χ1) is 14.1. The average molecular weight is 412 g/mol. The predicted molar refractivity (Wildman–Crippen MR) is 110 cm³/mol. The molecule has 2 aromatic rings. The number of rotatable bonds is 6. The Balaban J connectivity index is 1.24. The number of hydrogen-bond acceptors (Lipinski definition) is 4. The highest BCUT2D eigenvalue weighted by atomic mass is 32.2. The fraction of sp³-hybridized carbons (Fsp3) is 0.609. The van der Waals surface area contributed by atoms with Gasteiger partial charge in [0.1, 0.15) is 11.6 Å². The van der Waals surface area contributed by atoms with Crippen LogP contribution in [-0.2, 0) is 4.79 Å². The molecule has 7 rings (SSSR count). The third-order valence-electron chi connectivity index (χ3n) is 7.65. The minimum absolute atomic E-state index is 0.0689. The summed E-state index contributed by atoms with van der Waals surface area (Å²) in [6.45, 7) is 0. The van der Waals surface area contributed by atoms with Crippen LogP contribution in [0.5, 0.6) is 0 Å². The first-order valence-electron chi connectivity index (χ1n) is 11.0. The summed E-state index contributed by atoms with van der Waals surface area (Å²) in [4.78, 5) is 13.4. The van der Waals surface area contributed by atoms with Gasteiger partial charge in [-0.1, -0.05) is 23.9 Å². The third kappa shape index (κ3) is 3.06. The molecular weight excluding hydrogens is 385 g/mol. The van der Waals surface area contributed by atoms with E-state index >= 15 is 0 Å². The Morgan fingerprint density at radius 1 is 1.07 bits per heavy atom. The summed E-state index contributed by atoms with van der Waals surface area (Å²) in [6, 6.07) is 7.07. The molecule has 1 heterocycles. The zero-order chi connectivity index (χ0) is 19.6. The summed E-state index contributed by atoms with van der Waals surface area (Å²) >= 11 is 1.51. The van der Waals surface area contributed by atoms with E-state index in [2.05, 4.69) is 14.8 Å². The number of carbonyl (C=O) groups excluding carboxylic acids is 1. The molecule has 0 spiro atoms. The second-order valence-electron chi connectivity index (χ2n) is 9.80. The van der Waals surface area contributed by atoms with Crippen LogP contribution >= 0.6 is 11.8 Å². The summed E-state index contributed by atoms with van der Waals surface area (Å²) < 4.78 is 16.4. The maximum Gasteiger partial charge on any atom is 0.192 e. The van der Waals surface area contributed by atoms with Gasteiger partial charge in [-0.2, -0.15) is 0 Å². The summed E-state index contributed by atoms with van der Waals surface area (Å²) in [6.07, 6.45) is 9.49. The molecule has 1 aromatic carbocycles. The highest BCUT2D eigenvalue weighted by Crippen LogP contribution is 2.60. The predicted octanol–water partition coefficient (Wildman–Crippen LogP) is 5.30. The Hall–Kier alpha value is -1.69. The molecule has 0 aliphatic heterocycles.